The van der Waals surface area contributed by atoms with Gasteiger partial charge in [0.05, 0.1) is 23.9 Å². The normalized spacial score (nSPS) is 24.4. The minimum absolute atomic E-state index is 0.206. The third-order valence-electron chi connectivity index (χ3n) is 6.50. The number of urea groups is 1. The van der Waals surface area contributed by atoms with Crippen LogP contribution in [0.25, 0.3) is 10.9 Å². The van der Waals surface area contributed by atoms with Crippen LogP contribution in [0.1, 0.15) is 25.3 Å². The predicted octanol–water partition coefficient (Wildman–Crippen LogP) is 1.71. The molecule has 0 unspecified atom stereocenters. The summed E-state index contributed by atoms with van der Waals surface area (Å²) in [5.74, 6) is -0.206. The second-order valence-electron chi connectivity index (χ2n) is 8.42. The molecule has 1 aromatic heterocycles. The molecule has 3 aliphatic heterocycles. The Bertz CT molecular complexity index is 928. The van der Waals surface area contributed by atoms with Crippen LogP contribution < -0.4 is 15.5 Å². The summed E-state index contributed by atoms with van der Waals surface area (Å²) in [6.07, 6.45) is 4.99. The van der Waals surface area contributed by atoms with E-state index in [9.17, 15) is 9.59 Å². The minimum atomic E-state index is -0.334. The van der Waals surface area contributed by atoms with Crippen molar-refractivity contribution in [3.8, 4) is 0 Å². The summed E-state index contributed by atoms with van der Waals surface area (Å²) < 4.78 is 8.22. The molecule has 0 aliphatic carbocycles. The SMILES string of the molecule is O=C1CCN(c2cccc3c2ccn3C2CCN(C[C@@H]3CNCCO3)CC2)C(=O)N1. The predicted molar refractivity (Wildman–Crippen MR) is 115 cm³/mol. The van der Waals surface area contributed by atoms with Gasteiger partial charge in [-0.05, 0) is 31.0 Å². The number of imide groups is 1. The molecule has 8 nitrogen and oxygen atoms in total. The molecule has 4 heterocycles. The fourth-order valence-corrected chi connectivity index (χ4v) is 4.93. The molecule has 0 radical (unpaired) electrons. The van der Waals surface area contributed by atoms with Gasteiger partial charge < -0.3 is 19.5 Å². The zero-order valence-electron chi connectivity index (χ0n) is 17.2. The third-order valence-corrected chi connectivity index (χ3v) is 6.50. The van der Waals surface area contributed by atoms with E-state index in [0.29, 0.717) is 25.1 Å². The monoisotopic (exact) mass is 411 g/mol. The molecule has 3 saturated heterocycles. The van der Waals surface area contributed by atoms with Gasteiger partial charge in [-0.15, -0.1) is 0 Å². The lowest BCUT2D eigenvalue weighted by Gasteiger charge is -2.36. The summed E-state index contributed by atoms with van der Waals surface area (Å²) >= 11 is 0. The van der Waals surface area contributed by atoms with Crippen LogP contribution in [0.5, 0.6) is 0 Å². The minimum Gasteiger partial charge on any atom is -0.374 e. The highest BCUT2D eigenvalue weighted by molar-refractivity contribution is 6.09. The van der Waals surface area contributed by atoms with E-state index in [1.807, 2.05) is 12.1 Å². The number of piperidine rings is 1. The Morgan fingerprint density at radius 1 is 1.10 bits per heavy atom. The summed E-state index contributed by atoms with van der Waals surface area (Å²) in [6.45, 7) is 6.27. The third kappa shape index (κ3) is 3.82. The van der Waals surface area contributed by atoms with Crippen LogP contribution in [-0.2, 0) is 9.53 Å². The first-order valence-corrected chi connectivity index (χ1v) is 10.9. The number of amides is 3. The number of hydrogen-bond acceptors (Lipinski definition) is 5. The van der Waals surface area contributed by atoms with E-state index in [-0.39, 0.29) is 11.9 Å². The molecule has 0 spiro atoms. The second kappa shape index (κ2) is 8.37. The number of anilines is 1. The van der Waals surface area contributed by atoms with E-state index in [1.54, 1.807) is 4.90 Å². The number of morpholine rings is 1. The van der Waals surface area contributed by atoms with Gasteiger partial charge in [0, 0.05) is 63.3 Å². The Labute approximate surface area is 176 Å². The zero-order chi connectivity index (χ0) is 20.5. The van der Waals surface area contributed by atoms with Gasteiger partial charge >= 0.3 is 6.03 Å². The molecule has 3 fully saturated rings. The molecule has 2 aromatic rings. The number of nitrogens with one attached hydrogen (secondary N) is 2. The van der Waals surface area contributed by atoms with Gasteiger partial charge in [-0.25, -0.2) is 4.79 Å². The van der Waals surface area contributed by atoms with E-state index >= 15 is 0 Å². The molecule has 1 aromatic carbocycles. The quantitative estimate of drug-likeness (QED) is 0.801. The Kier molecular flexibility index (Phi) is 5.45. The molecule has 0 saturated carbocycles. The average molecular weight is 412 g/mol. The summed E-state index contributed by atoms with van der Waals surface area (Å²) in [5.41, 5.74) is 2.02. The van der Waals surface area contributed by atoms with Gasteiger partial charge in [0.25, 0.3) is 0 Å². The number of ether oxygens (including phenoxy) is 1. The largest absolute Gasteiger partial charge is 0.374 e. The molecule has 1 atom stereocenters. The molecule has 5 rings (SSSR count). The first-order valence-electron chi connectivity index (χ1n) is 10.9. The molecule has 3 amide bonds. The molecule has 160 valence electrons. The maximum Gasteiger partial charge on any atom is 0.328 e. The van der Waals surface area contributed by atoms with Crippen molar-refractivity contribution in [1.29, 1.82) is 0 Å². The number of carbonyl (C=O) groups is 2. The molecular weight excluding hydrogens is 382 g/mol. The number of hydrogen-bond donors (Lipinski definition) is 2. The van der Waals surface area contributed by atoms with Crippen LogP contribution in [0.4, 0.5) is 10.5 Å². The highest BCUT2D eigenvalue weighted by Crippen LogP contribution is 2.33. The second-order valence-corrected chi connectivity index (χ2v) is 8.42. The van der Waals surface area contributed by atoms with E-state index in [0.717, 1.165) is 68.8 Å². The fraction of sp³-hybridized carbons (Fsp3) is 0.545. The Morgan fingerprint density at radius 3 is 2.73 bits per heavy atom. The highest BCUT2D eigenvalue weighted by atomic mass is 16.5. The fourth-order valence-electron chi connectivity index (χ4n) is 4.93. The summed E-state index contributed by atoms with van der Waals surface area (Å²) in [7, 11) is 0. The van der Waals surface area contributed by atoms with Crippen molar-refractivity contribution >= 4 is 28.5 Å². The number of nitrogens with zero attached hydrogens (tertiary/aromatic N) is 3. The molecule has 0 bridgehead atoms. The zero-order valence-corrected chi connectivity index (χ0v) is 17.2. The van der Waals surface area contributed by atoms with Crippen LogP contribution in [0.2, 0.25) is 0 Å². The number of aromatic nitrogens is 1. The van der Waals surface area contributed by atoms with Gasteiger partial charge in [-0.2, -0.15) is 0 Å². The van der Waals surface area contributed by atoms with Crippen molar-refractivity contribution in [2.75, 3.05) is 50.8 Å². The van der Waals surface area contributed by atoms with Gasteiger partial charge in [0.1, 0.15) is 0 Å². The van der Waals surface area contributed by atoms with Crippen molar-refractivity contribution < 1.29 is 14.3 Å². The lowest BCUT2D eigenvalue weighted by Crippen LogP contribution is -2.49. The van der Waals surface area contributed by atoms with Crippen molar-refractivity contribution in [3.05, 3.63) is 30.5 Å². The summed E-state index contributed by atoms with van der Waals surface area (Å²) in [6, 6.07) is 8.31. The smallest absolute Gasteiger partial charge is 0.328 e. The van der Waals surface area contributed by atoms with Crippen LogP contribution in [-0.4, -0.2) is 73.4 Å². The summed E-state index contributed by atoms with van der Waals surface area (Å²) in [4.78, 5) is 28.0. The van der Waals surface area contributed by atoms with Gasteiger partial charge in [0.15, 0.2) is 0 Å². The maximum atomic E-state index is 12.3. The number of benzene rings is 1. The van der Waals surface area contributed by atoms with Gasteiger partial charge in [0.2, 0.25) is 5.91 Å². The first kappa shape index (κ1) is 19.5. The van der Waals surface area contributed by atoms with Crippen molar-refractivity contribution in [1.82, 2.24) is 20.1 Å². The topological polar surface area (TPSA) is 78.8 Å². The van der Waals surface area contributed by atoms with E-state index in [2.05, 4.69) is 38.4 Å². The van der Waals surface area contributed by atoms with E-state index in [1.165, 1.54) is 0 Å². The number of likely N-dealkylation sites (tertiary alicyclic amines) is 1. The van der Waals surface area contributed by atoms with Crippen LogP contribution >= 0.6 is 0 Å². The first-order chi connectivity index (χ1) is 14.7. The molecule has 8 heteroatoms. The average Bonchev–Trinajstić information content (AvgIpc) is 3.20. The molecule has 2 N–H and O–H groups in total. The van der Waals surface area contributed by atoms with Crippen LogP contribution in [0.3, 0.4) is 0 Å². The van der Waals surface area contributed by atoms with Gasteiger partial charge in [-0.1, -0.05) is 6.07 Å². The van der Waals surface area contributed by atoms with Gasteiger partial charge in [-0.3, -0.25) is 15.0 Å². The van der Waals surface area contributed by atoms with Crippen LogP contribution in [0, 0.1) is 0 Å². The molecule has 3 aliphatic rings. The summed E-state index contributed by atoms with van der Waals surface area (Å²) in [5, 5.41) is 6.89. The lowest BCUT2D eigenvalue weighted by atomic mass is 10.0. The number of carbonyl (C=O) groups excluding carboxylic acids is 2. The van der Waals surface area contributed by atoms with E-state index < -0.39 is 0 Å². The number of fused-ring (bicyclic) bond motifs is 1. The van der Waals surface area contributed by atoms with Crippen molar-refractivity contribution in [2.45, 2.75) is 31.4 Å². The van der Waals surface area contributed by atoms with Crippen LogP contribution in [0.15, 0.2) is 30.5 Å². The standard InChI is InChI=1S/C22H29N5O3/c28-21-7-12-27(22(29)24-21)20-3-1-2-19-18(20)6-11-26(19)16-4-9-25(10-5-16)15-17-14-23-8-13-30-17/h1-3,6,11,16-17,23H,4-5,7-10,12-15H2,(H,24,28,29)/t17-/m0/s1. The van der Waals surface area contributed by atoms with Crippen molar-refractivity contribution in [3.63, 3.8) is 0 Å². The lowest BCUT2D eigenvalue weighted by molar-refractivity contribution is -0.120. The number of rotatable bonds is 4. The maximum absolute atomic E-state index is 12.3. The Balaban J connectivity index is 1.29. The highest BCUT2D eigenvalue weighted by Gasteiger charge is 2.28. The molecule has 30 heavy (non-hydrogen) atoms. The van der Waals surface area contributed by atoms with E-state index in [4.69, 9.17) is 4.74 Å². The Morgan fingerprint density at radius 2 is 1.97 bits per heavy atom. The Hall–Kier alpha value is -2.42. The van der Waals surface area contributed by atoms with Crippen molar-refractivity contribution in [2.24, 2.45) is 0 Å². The molecular formula is C22H29N5O3.